The summed E-state index contributed by atoms with van der Waals surface area (Å²) < 4.78 is 22.3. The molecule has 1 rings (SSSR count). The monoisotopic (exact) mass is 277 g/mol. The lowest BCUT2D eigenvalue weighted by atomic mass is 10.4. The van der Waals surface area contributed by atoms with E-state index in [-0.39, 0.29) is 11.1 Å². The summed E-state index contributed by atoms with van der Waals surface area (Å²) in [7, 11) is -3.44. The molecule has 1 heterocycles. The zero-order valence-electron chi connectivity index (χ0n) is 9.56. The number of nitrogens with zero attached hydrogens (tertiary/aromatic N) is 2. The van der Waals surface area contributed by atoms with Crippen molar-refractivity contribution in [2.75, 3.05) is 11.6 Å². The first kappa shape index (κ1) is 13.9. The van der Waals surface area contributed by atoms with Gasteiger partial charge in [-0.3, -0.25) is 10.1 Å². The second-order valence-electron chi connectivity index (χ2n) is 3.62. The normalized spacial score (nSPS) is 13.2. The number of aryl methyl sites for hydroxylation is 1. The van der Waals surface area contributed by atoms with Gasteiger partial charge in [0.05, 0.1) is 0 Å². The third-order valence-corrected chi connectivity index (χ3v) is 3.76. The number of sulfone groups is 1. The van der Waals surface area contributed by atoms with Crippen LogP contribution in [0.5, 0.6) is 0 Å². The number of hydrogen-bond acceptors (Lipinski definition) is 5. The summed E-state index contributed by atoms with van der Waals surface area (Å²) in [4.78, 5) is 19.3. The van der Waals surface area contributed by atoms with Crippen LogP contribution in [0.15, 0.2) is 6.07 Å². The Morgan fingerprint density at radius 3 is 2.53 bits per heavy atom. The smallest absolute Gasteiger partial charge is 0.244 e. The molecule has 94 valence electrons. The molecule has 1 aromatic heterocycles. The van der Waals surface area contributed by atoms with Gasteiger partial charge < -0.3 is 0 Å². The first-order valence-electron chi connectivity index (χ1n) is 4.71. The van der Waals surface area contributed by atoms with Crippen molar-refractivity contribution >= 4 is 33.3 Å². The molecule has 0 aliphatic carbocycles. The number of halogens is 1. The molecule has 0 fully saturated rings. The average Bonchev–Trinajstić information content (AvgIpc) is 2.13. The van der Waals surface area contributed by atoms with Crippen LogP contribution < -0.4 is 5.32 Å². The van der Waals surface area contributed by atoms with Crippen molar-refractivity contribution in [2.24, 2.45) is 0 Å². The summed E-state index contributed by atoms with van der Waals surface area (Å²) in [5.41, 5.74) is 0.576. The van der Waals surface area contributed by atoms with Gasteiger partial charge in [0, 0.05) is 11.9 Å². The van der Waals surface area contributed by atoms with E-state index in [1.54, 1.807) is 6.92 Å². The topological polar surface area (TPSA) is 89.0 Å². The number of carbonyl (C=O) groups is 1. The molecule has 17 heavy (non-hydrogen) atoms. The Kier molecular flexibility index (Phi) is 4.05. The minimum atomic E-state index is -3.44. The summed E-state index contributed by atoms with van der Waals surface area (Å²) in [5.74, 6) is -0.690. The fourth-order valence-corrected chi connectivity index (χ4v) is 1.68. The molecule has 0 aliphatic rings. The molecule has 1 N–H and O–H groups in total. The highest BCUT2D eigenvalue weighted by molar-refractivity contribution is 7.92. The van der Waals surface area contributed by atoms with Crippen molar-refractivity contribution in [1.82, 2.24) is 9.97 Å². The van der Waals surface area contributed by atoms with Crippen LogP contribution in [0.3, 0.4) is 0 Å². The van der Waals surface area contributed by atoms with Gasteiger partial charge in [-0.05, 0) is 19.9 Å². The molecular weight excluding hydrogens is 266 g/mol. The minimum Gasteiger partial charge on any atom is -0.293 e. The molecule has 1 amide bonds. The Bertz CT molecular complexity index is 524. The summed E-state index contributed by atoms with van der Waals surface area (Å²) in [6.07, 6.45) is 0.987. The molecule has 1 aromatic rings. The van der Waals surface area contributed by atoms with E-state index in [1.807, 2.05) is 0 Å². The fraction of sp³-hybridized carbons (Fsp3) is 0.444. The number of anilines is 1. The lowest BCUT2D eigenvalue weighted by Gasteiger charge is -2.09. The maximum absolute atomic E-state index is 11.6. The van der Waals surface area contributed by atoms with Gasteiger partial charge in [0.2, 0.25) is 11.9 Å². The van der Waals surface area contributed by atoms with Crippen LogP contribution in [-0.4, -0.2) is 35.8 Å². The van der Waals surface area contributed by atoms with E-state index in [1.165, 1.54) is 13.0 Å². The van der Waals surface area contributed by atoms with Crippen molar-refractivity contribution in [2.45, 2.75) is 19.1 Å². The van der Waals surface area contributed by atoms with E-state index in [0.29, 0.717) is 5.69 Å². The van der Waals surface area contributed by atoms with Crippen LogP contribution in [-0.2, 0) is 14.6 Å². The van der Waals surface area contributed by atoms with E-state index < -0.39 is 21.0 Å². The van der Waals surface area contributed by atoms with E-state index in [2.05, 4.69) is 15.3 Å². The Hall–Kier alpha value is -1.21. The van der Waals surface area contributed by atoms with E-state index in [0.717, 1.165) is 6.26 Å². The van der Waals surface area contributed by atoms with Gasteiger partial charge in [-0.15, -0.1) is 0 Å². The Labute approximate surface area is 104 Å². The third kappa shape index (κ3) is 3.94. The summed E-state index contributed by atoms with van der Waals surface area (Å²) >= 11 is 5.68. The third-order valence-electron chi connectivity index (χ3n) is 2.07. The summed E-state index contributed by atoms with van der Waals surface area (Å²) in [6, 6.07) is 1.53. The molecule has 8 heteroatoms. The fourth-order valence-electron chi connectivity index (χ4n) is 0.992. The predicted molar refractivity (Wildman–Crippen MR) is 64.7 cm³/mol. The number of rotatable bonds is 3. The number of carbonyl (C=O) groups excluding carboxylic acids is 1. The highest BCUT2D eigenvalue weighted by Crippen LogP contribution is 2.10. The van der Waals surface area contributed by atoms with Crippen LogP contribution in [0.2, 0.25) is 5.15 Å². The van der Waals surface area contributed by atoms with Gasteiger partial charge in [0.25, 0.3) is 0 Å². The first-order chi connectivity index (χ1) is 7.70. The van der Waals surface area contributed by atoms with Crippen molar-refractivity contribution in [3.05, 3.63) is 16.9 Å². The maximum atomic E-state index is 11.6. The molecule has 0 saturated heterocycles. The predicted octanol–water partition coefficient (Wildman–Crippen LogP) is 0.810. The Morgan fingerprint density at radius 2 is 2.06 bits per heavy atom. The number of amides is 1. The summed E-state index contributed by atoms with van der Waals surface area (Å²) in [5, 5.41) is 1.32. The minimum absolute atomic E-state index is 0.00417. The Morgan fingerprint density at radius 1 is 1.47 bits per heavy atom. The van der Waals surface area contributed by atoms with Gasteiger partial charge in [0.15, 0.2) is 9.84 Å². The second-order valence-corrected chi connectivity index (χ2v) is 6.37. The lowest BCUT2D eigenvalue weighted by Crippen LogP contribution is -2.32. The highest BCUT2D eigenvalue weighted by atomic mass is 35.5. The van der Waals surface area contributed by atoms with Gasteiger partial charge in [-0.25, -0.2) is 18.4 Å². The average molecular weight is 278 g/mol. The van der Waals surface area contributed by atoms with E-state index in [9.17, 15) is 13.2 Å². The molecule has 6 nitrogen and oxygen atoms in total. The van der Waals surface area contributed by atoms with Crippen molar-refractivity contribution in [3.63, 3.8) is 0 Å². The van der Waals surface area contributed by atoms with Crippen molar-refractivity contribution in [3.8, 4) is 0 Å². The van der Waals surface area contributed by atoms with Crippen molar-refractivity contribution in [1.29, 1.82) is 0 Å². The van der Waals surface area contributed by atoms with Crippen LogP contribution >= 0.6 is 11.6 Å². The largest absolute Gasteiger partial charge is 0.293 e. The van der Waals surface area contributed by atoms with Gasteiger partial charge in [-0.2, -0.15) is 0 Å². The number of hydrogen-bond donors (Lipinski definition) is 1. The SMILES string of the molecule is Cc1cc(Cl)nc(NC(=O)C(C)S(C)(=O)=O)n1. The van der Waals surface area contributed by atoms with Crippen LogP contribution in [0.4, 0.5) is 5.95 Å². The van der Waals surface area contributed by atoms with Gasteiger partial charge in [0.1, 0.15) is 10.4 Å². The molecule has 0 radical (unpaired) electrons. The van der Waals surface area contributed by atoms with Gasteiger partial charge >= 0.3 is 0 Å². The highest BCUT2D eigenvalue weighted by Gasteiger charge is 2.24. The molecule has 0 saturated carbocycles. The first-order valence-corrected chi connectivity index (χ1v) is 7.04. The molecule has 0 aromatic carbocycles. The van der Waals surface area contributed by atoms with Crippen LogP contribution in [0.25, 0.3) is 0 Å². The standard InChI is InChI=1S/C9H12ClN3O3S/c1-5-4-7(10)12-9(11-5)13-8(14)6(2)17(3,15)16/h4,6H,1-3H3,(H,11,12,13,14). The second kappa shape index (κ2) is 4.97. The maximum Gasteiger partial charge on any atom is 0.244 e. The van der Waals surface area contributed by atoms with E-state index in [4.69, 9.17) is 11.6 Å². The van der Waals surface area contributed by atoms with Crippen molar-refractivity contribution < 1.29 is 13.2 Å². The lowest BCUT2D eigenvalue weighted by molar-refractivity contribution is -0.115. The zero-order valence-corrected chi connectivity index (χ0v) is 11.1. The molecular formula is C9H12ClN3O3S. The molecule has 0 aliphatic heterocycles. The molecule has 1 atom stereocenters. The van der Waals surface area contributed by atoms with Crippen LogP contribution in [0.1, 0.15) is 12.6 Å². The summed E-state index contributed by atoms with van der Waals surface area (Å²) in [6.45, 7) is 2.98. The van der Waals surface area contributed by atoms with E-state index >= 15 is 0 Å². The Balaban J connectivity index is 2.89. The number of nitrogens with one attached hydrogen (secondary N) is 1. The van der Waals surface area contributed by atoms with Crippen LogP contribution in [0, 0.1) is 6.92 Å². The van der Waals surface area contributed by atoms with Gasteiger partial charge in [-0.1, -0.05) is 11.6 Å². The zero-order chi connectivity index (χ0) is 13.2. The number of aromatic nitrogens is 2. The molecule has 1 unspecified atom stereocenters. The quantitative estimate of drug-likeness (QED) is 0.826. The molecule has 0 bridgehead atoms. The molecule has 0 spiro atoms.